The standard InChI is InChI=1S/C30H24ClN3O7S2/c1-40-20-12-3-15(13-21(20)41-2)23-24-25(28(38)34(27(24)37)18-8-4-16(31)5-9-18)42-29-26(23)43-30(39)33(29)14-22(36)32-17-6-10-19(35)11-7-17/h3-13,23-25,35H,14H2,1-2H3,(H,32,36)/t23-,24?,25?/m1/s1. The molecule has 0 bridgehead atoms. The number of thioether (sulfide) groups is 1. The Morgan fingerprint density at radius 3 is 2.33 bits per heavy atom. The molecular formula is C30H24ClN3O7S2. The molecule has 3 atom stereocenters. The Bertz CT molecular complexity index is 1800. The second-order valence-electron chi connectivity index (χ2n) is 9.86. The Balaban J connectivity index is 1.43. The summed E-state index contributed by atoms with van der Waals surface area (Å²) in [4.78, 5) is 55.7. The molecule has 1 fully saturated rings. The molecule has 3 amide bonds. The quantitative estimate of drug-likeness (QED) is 0.220. The summed E-state index contributed by atoms with van der Waals surface area (Å²) in [6.45, 7) is -0.308. The zero-order valence-corrected chi connectivity index (χ0v) is 25.2. The van der Waals surface area contributed by atoms with Crippen molar-refractivity contribution in [2.24, 2.45) is 5.92 Å². The number of ether oxygens (including phenoxy) is 2. The summed E-state index contributed by atoms with van der Waals surface area (Å²) in [7, 11) is 3.02. The van der Waals surface area contributed by atoms with E-state index in [4.69, 9.17) is 21.1 Å². The number of aromatic hydroxyl groups is 1. The monoisotopic (exact) mass is 637 g/mol. The van der Waals surface area contributed by atoms with E-state index >= 15 is 0 Å². The Morgan fingerprint density at radius 2 is 1.65 bits per heavy atom. The predicted molar refractivity (Wildman–Crippen MR) is 164 cm³/mol. The third-order valence-corrected chi connectivity index (χ3v) is 10.2. The molecule has 0 saturated carbocycles. The average molecular weight is 638 g/mol. The van der Waals surface area contributed by atoms with Gasteiger partial charge >= 0.3 is 4.87 Å². The second-order valence-corrected chi connectivity index (χ2v) is 12.4. The van der Waals surface area contributed by atoms with E-state index in [0.717, 1.165) is 23.1 Å². The molecule has 3 heterocycles. The molecule has 6 rings (SSSR count). The van der Waals surface area contributed by atoms with Crippen LogP contribution >= 0.6 is 34.7 Å². The fraction of sp³-hybridized carbons (Fsp3) is 0.200. The average Bonchev–Trinajstić information content (AvgIpc) is 3.44. The number of imide groups is 1. The van der Waals surface area contributed by atoms with E-state index < -0.39 is 39.7 Å². The van der Waals surface area contributed by atoms with Crippen molar-refractivity contribution in [3.8, 4) is 17.2 Å². The summed E-state index contributed by atoms with van der Waals surface area (Å²) < 4.78 is 12.3. The highest BCUT2D eigenvalue weighted by molar-refractivity contribution is 8.00. The number of phenolic OH excluding ortho intramolecular Hbond substituents is 1. The Labute approximate surface area is 258 Å². The van der Waals surface area contributed by atoms with Crippen molar-refractivity contribution in [3.63, 3.8) is 0 Å². The Morgan fingerprint density at radius 1 is 0.953 bits per heavy atom. The van der Waals surface area contributed by atoms with Gasteiger partial charge in [0.25, 0.3) is 0 Å². The van der Waals surface area contributed by atoms with Gasteiger partial charge in [0.05, 0.1) is 30.9 Å². The first-order valence-electron chi connectivity index (χ1n) is 13.0. The molecule has 220 valence electrons. The molecule has 10 nitrogen and oxygen atoms in total. The van der Waals surface area contributed by atoms with Crippen molar-refractivity contribution in [1.82, 2.24) is 4.57 Å². The Kier molecular flexibility index (Phi) is 7.67. The summed E-state index contributed by atoms with van der Waals surface area (Å²) in [5.41, 5.74) is 1.51. The lowest BCUT2D eigenvalue weighted by molar-refractivity contribution is -0.122. The van der Waals surface area contributed by atoms with Gasteiger partial charge in [-0.3, -0.25) is 23.7 Å². The van der Waals surface area contributed by atoms with Crippen LogP contribution in [0.4, 0.5) is 11.4 Å². The van der Waals surface area contributed by atoms with E-state index in [2.05, 4.69) is 5.32 Å². The number of nitrogens with zero attached hydrogens (tertiary/aromatic N) is 2. The largest absolute Gasteiger partial charge is 0.508 e. The maximum atomic E-state index is 14.0. The number of hydrogen-bond donors (Lipinski definition) is 2. The Hall–Kier alpha value is -4.26. The molecule has 4 aromatic rings. The van der Waals surface area contributed by atoms with Crippen LogP contribution in [0.5, 0.6) is 17.2 Å². The van der Waals surface area contributed by atoms with Gasteiger partial charge in [0.2, 0.25) is 17.7 Å². The van der Waals surface area contributed by atoms with Crippen LogP contribution in [0, 0.1) is 5.92 Å². The number of benzene rings is 3. The zero-order valence-electron chi connectivity index (χ0n) is 22.8. The summed E-state index contributed by atoms with van der Waals surface area (Å²) in [5, 5.41) is 12.3. The number of methoxy groups -OCH3 is 2. The molecule has 0 aliphatic carbocycles. The maximum absolute atomic E-state index is 14.0. The van der Waals surface area contributed by atoms with Gasteiger partial charge in [0.15, 0.2) is 11.5 Å². The number of hydrogen-bond acceptors (Lipinski definition) is 9. The third-order valence-electron chi connectivity index (χ3n) is 7.35. The lowest BCUT2D eigenvalue weighted by Gasteiger charge is -2.31. The van der Waals surface area contributed by atoms with Crippen LogP contribution in [0.3, 0.4) is 0 Å². The number of carbonyl (C=O) groups is 3. The van der Waals surface area contributed by atoms with Gasteiger partial charge < -0.3 is 19.9 Å². The molecule has 2 unspecified atom stereocenters. The van der Waals surface area contributed by atoms with Crippen LogP contribution in [-0.2, 0) is 20.9 Å². The number of halogens is 1. The number of anilines is 2. The van der Waals surface area contributed by atoms with Gasteiger partial charge in [0, 0.05) is 21.5 Å². The normalized spacial score (nSPS) is 19.1. The van der Waals surface area contributed by atoms with Crippen molar-refractivity contribution in [3.05, 3.63) is 91.9 Å². The van der Waals surface area contributed by atoms with Crippen LogP contribution in [0.15, 0.2) is 76.6 Å². The van der Waals surface area contributed by atoms with E-state index in [0.29, 0.717) is 43.4 Å². The molecule has 0 spiro atoms. The summed E-state index contributed by atoms with van der Waals surface area (Å²) in [6.07, 6.45) is 0. The first-order chi connectivity index (χ1) is 20.7. The van der Waals surface area contributed by atoms with Crippen LogP contribution in [0.25, 0.3) is 0 Å². The topological polar surface area (TPSA) is 127 Å². The summed E-state index contributed by atoms with van der Waals surface area (Å²) >= 11 is 8.13. The minimum absolute atomic E-state index is 0.0525. The fourth-order valence-corrected chi connectivity index (χ4v) is 8.29. The lowest BCUT2D eigenvalue weighted by atomic mass is 9.83. The molecule has 3 aromatic carbocycles. The number of phenols is 1. The first-order valence-corrected chi connectivity index (χ1v) is 15.1. The number of nitrogens with one attached hydrogen (secondary N) is 1. The van der Waals surface area contributed by atoms with Crippen molar-refractivity contribution in [1.29, 1.82) is 0 Å². The molecule has 0 radical (unpaired) electrons. The van der Waals surface area contributed by atoms with Crippen LogP contribution in [0.2, 0.25) is 5.02 Å². The summed E-state index contributed by atoms with van der Waals surface area (Å²) in [5.74, 6) is -1.80. The number of fused-ring (bicyclic) bond motifs is 2. The minimum Gasteiger partial charge on any atom is -0.508 e. The van der Waals surface area contributed by atoms with E-state index in [1.807, 2.05) is 0 Å². The van der Waals surface area contributed by atoms with Crippen LogP contribution < -0.4 is 24.6 Å². The van der Waals surface area contributed by atoms with Crippen molar-refractivity contribution >= 4 is 63.8 Å². The van der Waals surface area contributed by atoms with Gasteiger partial charge in [-0.1, -0.05) is 40.8 Å². The molecule has 1 aromatic heterocycles. The number of carbonyl (C=O) groups excluding carboxylic acids is 3. The number of rotatable bonds is 7. The molecular weight excluding hydrogens is 614 g/mol. The lowest BCUT2D eigenvalue weighted by Crippen LogP contribution is -2.33. The molecule has 2 aliphatic heterocycles. The third kappa shape index (κ3) is 5.15. The van der Waals surface area contributed by atoms with Gasteiger partial charge in [-0.05, 0) is 66.2 Å². The van der Waals surface area contributed by atoms with E-state index in [-0.39, 0.29) is 12.3 Å². The van der Waals surface area contributed by atoms with E-state index in [9.17, 15) is 24.3 Å². The van der Waals surface area contributed by atoms with E-state index in [1.54, 1.807) is 54.6 Å². The van der Waals surface area contributed by atoms with Gasteiger partial charge in [0.1, 0.15) is 17.5 Å². The van der Waals surface area contributed by atoms with Gasteiger partial charge in [-0.2, -0.15) is 0 Å². The smallest absolute Gasteiger partial charge is 0.308 e. The fourth-order valence-electron chi connectivity index (χ4n) is 5.39. The van der Waals surface area contributed by atoms with Crippen molar-refractivity contribution in [2.45, 2.75) is 22.7 Å². The molecule has 13 heteroatoms. The van der Waals surface area contributed by atoms with Crippen molar-refractivity contribution < 1.29 is 29.0 Å². The highest BCUT2D eigenvalue weighted by atomic mass is 35.5. The molecule has 2 N–H and O–H groups in total. The number of thiazole rings is 1. The maximum Gasteiger partial charge on any atom is 0.308 e. The van der Waals surface area contributed by atoms with Crippen LogP contribution in [0.1, 0.15) is 16.4 Å². The summed E-state index contributed by atoms with van der Waals surface area (Å²) in [6, 6.07) is 17.7. The van der Waals surface area contributed by atoms with Crippen molar-refractivity contribution in [2.75, 3.05) is 24.4 Å². The number of amides is 3. The molecule has 43 heavy (non-hydrogen) atoms. The number of aromatic nitrogens is 1. The highest BCUT2D eigenvalue weighted by Crippen LogP contribution is 2.54. The minimum atomic E-state index is -0.853. The molecule has 2 aliphatic rings. The highest BCUT2D eigenvalue weighted by Gasteiger charge is 2.57. The SMILES string of the molecule is COc1ccc([C@H]2c3sc(=O)n(CC(=O)Nc4ccc(O)cc4)c3SC3C(=O)N(c4ccc(Cl)cc4)C(=O)C32)cc1OC. The van der Waals surface area contributed by atoms with Crippen LogP contribution in [-0.4, -0.2) is 46.9 Å². The van der Waals surface area contributed by atoms with Gasteiger partial charge in [-0.25, -0.2) is 4.90 Å². The predicted octanol–water partition coefficient (Wildman–Crippen LogP) is 4.72. The first kappa shape index (κ1) is 28.8. The van der Waals surface area contributed by atoms with E-state index in [1.165, 1.54) is 35.8 Å². The zero-order chi connectivity index (χ0) is 30.4. The second kappa shape index (κ2) is 11.4. The van der Waals surface area contributed by atoms with Gasteiger partial charge in [-0.15, -0.1) is 0 Å². The molecule has 1 saturated heterocycles.